The number of benzene rings is 5. The van der Waals surface area contributed by atoms with Crippen molar-refractivity contribution in [1.82, 2.24) is 10.7 Å². The van der Waals surface area contributed by atoms with Gasteiger partial charge in [0.2, 0.25) is 0 Å². The Kier molecular flexibility index (Phi) is 7.61. The number of hydrogen-bond acceptors (Lipinski definition) is 5. The van der Waals surface area contributed by atoms with Crippen LogP contribution in [0.25, 0.3) is 21.5 Å². The number of fused-ring (bicyclic) bond motifs is 2. The highest BCUT2D eigenvalue weighted by Crippen LogP contribution is 2.28. The molecule has 0 spiro atoms. The number of rotatable bonds is 7. The zero-order valence-electron chi connectivity index (χ0n) is 20.6. The maximum absolute atomic E-state index is 12.8. The predicted molar refractivity (Wildman–Crippen MR) is 152 cm³/mol. The summed E-state index contributed by atoms with van der Waals surface area (Å²) in [7, 11) is 0. The first-order valence-corrected chi connectivity index (χ1v) is 12.5. The number of esters is 1. The maximum atomic E-state index is 12.8. The van der Waals surface area contributed by atoms with Crippen molar-refractivity contribution < 1.29 is 19.1 Å². The molecule has 0 unspecified atom stereocenters. The standard InChI is InChI=1S/C31H22ClN3O4/c32-27-15-6-5-13-25(27)31(38)39-28-17-16-21-9-2-4-12-23(21)26(28)18-34-35-29(36)19-33-30(37)24-14-7-10-20-8-1-3-11-22(20)24/h1-18H,19H2,(H,33,37)(H,35,36)/b34-18-. The van der Waals surface area contributed by atoms with Crippen LogP contribution in [0.4, 0.5) is 0 Å². The van der Waals surface area contributed by atoms with Crippen molar-refractivity contribution >= 4 is 57.1 Å². The summed E-state index contributed by atoms with van der Waals surface area (Å²) in [5.41, 5.74) is 3.61. The van der Waals surface area contributed by atoms with E-state index in [4.69, 9.17) is 16.3 Å². The number of hydrazone groups is 1. The molecule has 0 heterocycles. The van der Waals surface area contributed by atoms with Crippen LogP contribution in [0.5, 0.6) is 5.75 Å². The van der Waals surface area contributed by atoms with E-state index >= 15 is 0 Å². The zero-order chi connectivity index (χ0) is 27.2. The smallest absolute Gasteiger partial charge is 0.345 e. The first-order valence-electron chi connectivity index (χ1n) is 12.1. The molecule has 5 rings (SSSR count). The molecular formula is C31H22ClN3O4. The highest BCUT2D eigenvalue weighted by molar-refractivity contribution is 6.33. The molecule has 5 aromatic rings. The van der Waals surface area contributed by atoms with Crippen molar-refractivity contribution in [1.29, 1.82) is 0 Å². The Bertz CT molecular complexity index is 1740. The van der Waals surface area contributed by atoms with E-state index in [1.165, 1.54) is 6.21 Å². The maximum Gasteiger partial charge on any atom is 0.345 e. The van der Waals surface area contributed by atoms with Crippen LogP contribution < -0.4 is 15.5 Å². The van der Waals surface area contributed by atoms with Gasteiger partial charge < -0.3 is 10.1 Å². The van der Waals surface area contributed by atoms with E-state index in [0.717, 1.165) is 21.5 Å². The lowest BCUT2D eigenvalue weighted by atomic mass is 10.0. The van der Waals surface area contributed by atoms with Crippen LogP contribution in [0.3, 0.4) is 0 Å². The molecule has 0 atom stereocenters. The number of halogens is 1. The molecule has 0 fully saturated rings. The monoisotopic (exact) mass is 535 g/mol. The van der Waals surface area contributed by atoms with Crippen LogP contribution >= 0.6 is 11.6 Å². The molecule has 7 nitrogen and oxygen atoms in total. The summed E-state index contributed by atoms with van der Waals surface area (Å²) >= 11 is 6.15. The van der Waals surface area contributed by atoms with Gasteiger partial charge in [-0.25, -0.2) is 10.2 Å². The molecule has 0 aliphatic carbocycles. The quantitative estimate of drug-likeness (QED) is 0.120. The van der Waals surface area contributed by atoms with Gasteiger partial charge in [-0.2, -0.15) is 5.10 Å². The molecule has 5 aromatic carbocycles. The molecule has 8 heteroatoms. The van der Waals surface area contributed by atoms with Crippen LogP contribution in [0.2, 0.25) is 5.02 Å². The fraction of sp³-hybridized carbons (Fsp3) is 0.0323. The first-order chi connectivity index (χ1) is 19.0. The minimum absolute atomic E-state index is 0.227. The van der Waals surface area contributed by atoms with Gasteiger partial charge in [-0.1, -0.05) is 90.5 Å². The minimum Gasteiger partial charge on any atom is -0.422 e. The van der Waals surface area contributed by atoms with Crippen molar-refractivity contribution in [3.8, 4) is 5.75 Å². The van der Waals surface area contributed by atoms with E-state index in [9.17, 15) is 14.4 Å². The number of amides is 2. The van der Waals surface area contributed by atoms with E-state index < -0.39 is 11.9 Å². The van der Waals surface area contributed by atoms with E-state index in [0.29, 0.717) is 11.1 Å². The Morgan fingerprint density at radius 3 is 2.18 bits per heavy atom. The SMILES string of the molecule is O=C(CNC(=O)c1cccc2ccccc12)N/N=C\c1c(OC(=O)c2ccccc2Cl)ccc2ccccc12. The number of carbonyl (C=O) groups excluding carboxylic acids is 3. The first kappa shape index (κ1) is 25.6. The van der Waals surface area contributed by atoms with Crippen LogP contribution in [-0.2, 0) is 4.79 Å². The summed E-state index contributed by atoms with van der Waals surface area (Å²) in [5, 5.41) is 10.3. The van der Waals surface area contributed by atoms with Gasteiger partial charge in [0.05, 0.1) is 23.3 Å². The van der Waals surface area contributed by atoms with Crippen molar-refractivity contribution in [2.45, 2.75) is 0 Å². The predicted octanol–water partition coefficient (Wildman–Crippen LogP) is 5.75. The number of hydrogen-bond donors (Lipinski definition) is 2. The molecule has 0 aliphatic rings. The Labute approximate surface area is 229 Å². The van der Waals surface area contributed by atoms with Crippen molar-refractivity contribution in [3.05, 3.63) is 125 Å². The molecule has 2 N–H and O–H groups in total. The summed E-state index contributed by atoms with van der Waals surface area (Å²) < 4.78 is 5.66. The molecule has 0 aliphatic heterocycles. The van der Waals surface area contributed by atoms with Crippen LogP contribution in [-0.4, -0.2) is 30.5 Å². The van der Waals surface area contributed by atoms with Gasteiger partial charge in [0.1, 0.15) is 5.75 Å². The topological polar surface area (TPSA) is 96.9 Å². The molecule has 39 heavy (non-hydrogen) atoms. The van der Waals surface area contributed by atoms with Crippen LogP contribution in [0, 0.1) is 0 Å². The highest BCUT2D eigenvalue weighted by Gasteiger charge is 2.16. The normalized spacial score (nSPS) is 11.0. The van der Waals surface area contributed by atoms with Crippen molar-refractivity contribution in [2.75, 3.05) is 6.54 Å². The van der Waals surface area contributed by atoms with Crippen molar-refractivity contribution in [2.24, 2.45) is 5.10 Å². The second kappa shape index (κ2) is 11.6. The van der Waals surface area contributed by atoms with E-state index in [1.807, 2.05) is 60.7 Å². The van der Waals surface area contributed by atoms with Gasteiger partial charge in [-0.05, 0) is 45.8 Å². The van der Waals surface area contributed by atoms with Crippen LogP contribution in [0.1, 0.15) is 26.3 Å². The number of ether oxygens (including phenoxy) is 1. The summed E-state index contributed by atoms with van der Waals surface area (Å²) in [6, 6.07) is 30.5. The molecule has 0 aromatic heterocycles. The largest absolute Gasteiger partial charge is 0.422 e. The van der Waals surface area contributed by atoms with Gasteiger partial charge >= 0.3 is 5.97 Å². The Hall–Kier alpha value is -5.01. The summed E-state index contributed by atoms with van der Waals surface area (Å²) in [6.45, 7) is -0.275. The zero-order valence-corrected chi connectivity index (χ0v) is 21.3. The van der Waals surface area contributed by atoms with E-state index in [2.05, 4.69) is 15.8 Å². The van der Waals surface area contributed by atoms with Gasteiger partial charge in [0.15, 0.2) is 0 Å². The Morgan fingerprint density at radius 1 is 0.744 bits per heavy atom. The Balaban J connectivity index is 1.30. The van der Waals surface area contributed by atoms with Crippen LogP contribution in [0.15, 0.2) is 108 Å². The number of nitrogens with one attached hydrogen (secondary N) is 2. The lowest BCUT2D eigenvalue weighted by Gasteiger charge is -2.11. The second-order valence-corrected chi connectivity index (χ2v) is 8.98. The fourth-order valence-corrected chi connectivity index (χ4v) is 4.38. The molecule has 0 radical (unpaired) electrons. The van der Waals surface area contributed by atoms with E-state index in [-0.39, 0.29) is 28.8 Å². The number of nitrogens with zero attached hydrogens (tertiary/aromatic N) is 1. The molecule has 192 valence electrons. The molecule has 0 bridgehead atoms. The van der Waals surface area contributed by atoms with Gasteiger partial charge in [-0.3, -0.25) is 9.59 Å². The molecular weight excluding hydrogens is 514 g/mol. The van der Waals surface area contributed by atoms with E-state index in [1.54, 1.807) is 42.5 Å². The Morgan fingerprint density at radius 2 is 1.38 bits per heavy atom. The summed E-state index contributed by atoms with van der Waals surface area (Å²) in [4.78, 5) is 37.9. The molecule has 0 saturated carbocycles. The third-order valence-electron chi connectivity index (χ3n) is 6.05. The lowest BCUT2D eigenvalue weighted by molar-refractivity contribution is -0.120. The van der Waals surface area contributed by atoms with Gasteiger partial charge in [0.25, 0.3) is 11.8 Å². The molecule has 0 saturated heterocycles. The summed E-state index contributed by atoms with van der Waals surface area (Å²) in [6.07, 6.45) is 1.40. The average Bonchev–Trinajstić information content (AvgIpc) is 2.96. The molecule has 2 amide bonds. The van der Waals surface area contributed by atoms with Crippen molar-refractivity contribution in [3.63, 3.8) is 0 Å². The lowest BCUT2D eigenvalue weighted by Crippen LogP contribution is -2.35. The fourth-order valence-electron chi connectivity index (χ4n) is 4.17. The average molecular weight is 536 g/mol. The third kappa shape index (κ3) is 5.79. The van der Waals surface area contributed by atoms with Gasteiger partial charge in [-0.15, -0.1) is 0 Å². The number of carbonyl (C=O) groups is 3. The second-order valence-electron chi connectivity index (χ2n) is 8.57. The van der Waals surface area contributed by atoms with Gasteiger partial charge in [0, 0.05) is 11.1 Å². The highest BCUT2D eigenvalue weighted by atomic mass is 35.5. The minimum atomic E-state index is -0.620. The summed E-state index contributed by atoms with van der Waals surface area (Å²) in [5.74, 6) is -1.25. The third-order valence-corrected chi connectivity index (χ3v) is 6.38.